The highest BCUT2D eigenvalue weighted by atomic mass is 19.4. The van der Waals surface area contributed by atoms with Crippen molar-refractivity contribution in [2.45, 2.75) is 19.1 Å². The lowest BCUT2D eigenvalue weighted by atomic mass is 10.1. The zero-order chi connectivity index (χ0) is 24.7. The van der Waals surface area contributed by atoms with Gasteiger partial charge in [0.25, 0.3) is 5.91 Å². The van der Waals surface area contributed by atoms with Gasteiger partial charge in [0.1, 0.15) is 11.6 Å². The molecule has 0 bridgehead atoms. The molecule has 1 saturated heterocycles. The Morgan fingerprint density at radius 2 is 1.76 bits per heavy atom. The summed E-state index contributed by atoms with van der Waals surface area (Å²) in [5.41, 5.74) is 3.02. The third-order valence-corrected chi connectivity index (χ3v) is 5.46. The summed E-state index contributed by atoms with van der Waals surface area (Å²) in [6.45, 7) is 6.78. The number of allylic oxidation sites excluding steroid dienone is 1. The lowest BCUT2D eigenvalue weighted by molar-refractivity contribution is -0.137. The van der Waals surface area contributed by atoms with E-state index in [1.165, 1.54) is 24.4 Å². The molecule has 1 aliphatic rings. The van der Waals surface area contributed by atoms with Gasteiger partial charge in [0, 0.05) is 43.9 Å². The Morgan fingerprint density at radius 1 is 1.12 bits per heavy atom. The van der Waals surface area contributed by atoms with Crippen molar-refractivity contribution in [2.24, 2.45) is 5.10 Å². The number of phenolic OH excluding ortho intramolecular Hbond substituents is 1. The Labute approximate surface area is 195 Å². The van der Waals surface area contributed by atoms with E-state index in [0.29, 0.717) is 44.7 Å². The number of carbonyl (C=O) groups excluding carboxylic acids is 1. The Morgan fingerprint density at radius 3 is 2.38 bits per heavy atom. The predicted molar refractivity (Wildman–Crippen MR) is 121 cm³/mol. The van der Waals surface area contributed by atoms with Gasteiger partial charge >= 0.3 is 6.18 Å². The van der Waals surface area contributed by atoms with Gasteiger partial charge in [-0.3, -0.25) is 14.6 Å². The van der Waals surface area contributed by atoms with Crippen molar-refractivity contribution in [3.63, 3.8) is 0 Å². The van der Waals surface area contributed by atoms with E-state index in [-0.39, 0.29) is 23.8 Å². The minimum Gasteiger partial charge on any atom is -0.507 e. The number of nitrogens with one attached hydrogen (secondary N) is 1. The first-order valence-electron chi connectivity index (χ1n) is 10.7. The number of hydrazone groups is 1. The molecule has 34 heavy (non-hydrogen) atoms. The van der Waals surface area contributed by atoms with Crippen LogP contribution in [0.5, 0.6) is 5.75 Å². The van der Waals surface area contributed by atoms with Gasteiger partial charge in [0.15, 0.2) is 0 Å². The van der Waals surface area contributed by atoms with Crippen molar-refractivity contribution >= 4 is 12.1 Å². The maximum atomic E-state index is 13.7. The number of nitrogens with zero attached hydrogens (tertiary/aromatic N) is 3. The maximum Gasteiger partial charge on any atom is 0.416 e. The molecule has 1 heterocycles. The zero-order valence-electron chi connectivity index (χ0n) is 18.5. The van der Waals surface area contributed by atoms with Gasteiger partial charge in [-0.25, -0.2) is 9.82 Å². The van der Waals surface area contributed by atoms with Gasteiger partial charge < -0.3 is 5.11 Å². The topological polar surface area (TPSA) is 68.2 Å². The molecule has 3 rings (SSSR count). The molecule has 0 atom stereocenters. The van der Waals surface area contributed by atoms with Gasteiger partial charge in [-0.1, -0.05) is 18.2 Å². The molecule has 2 aromatic carbocycles. The fourth-order valence-corrected chi connectivity index (χ4v) is 3.66. The Bertz CT molecular complexity index is 1030. The van der Waals surface area contributed by atoms with E-state index in [0.717, 1.165) is 23.8 Å². The molecule has 0 saturated carbocycles. The zero-order valence-corrected chi connectivity index (χ0v) is 18.5. The van der Waals surface area contributed by atoms with Crippen LogP contribution >= 0.6 is 0 Å². The van der Waals surface area contributed by atoms with E-state index in [1.807, 2.05) is 4.90 Å². The molecule has 6 nitrogen and oxygen atoms in total. The summed E-state index contributed by atoms with van der Waals surface area (Å²) < 4.78 is 51.8. The summed E-state index contributed by atoms with van der Waals surface area (Å²) in [5, 5.41) is 14.0. The summed E-state index contributed by atoms with van der Waals surface area (Å²) in [7, 11) is 0. The van der Waals surface area contributed by atoms with Gasteiger partial charge in [0.05, 0.1) is 18.3 Å². The number of carbonyl (C=O) groups is 1. The second kappa shape index (κ2) is 11.3. The van der Waals surface area contributed by atoms with Crippen LogP contribution in [-0.4, -0.2) is 59.8 Å². The van der Waals surface area contributed by atoms with E-state index >= 15 is 0 Å². The second-order valence-electron chi connectivity index (χ2n) is 8.04. The standard InChI is InChI=1S/C24H26F4N4O2/c1-2-3-18-12-21(25)13-19(23(18)34)14-29-30-22(33)16-32-10-8-31(9-11-32)15-17-4-6-20(7-5-17)24(26,27)28/h2,4-7,12-14,34H,1,3,8-11,15-16H2,(H,30,33)/b29-14+. The number of halogens is 4. The first kappa shape index (κ1) is 25.4. The van der Waals surface area contributed by atoms with E-state index in [1.54, 1.807) is 6.08 Å². The summed E-state index contributed by atoms with van der Waals surface area (Å²) >= 11 is 0. The number of hydrogen-bond acceptors (Lipinski definition) is 5. The van der Waals surface area contributed by atoms with Crippen LogP contribution in [0.25, 0.3) is 0 Å². The lowest BCUT2D eigenvalue weighted by Crippen LogP contribution is -2.48. The number of hydrogen-bond donors (Lipinski definition) is 2. The van der Waals surface area contributed by atoms with Crippen LogP contribution in [0.1, 0.15) is 22.3 Å². The predicted octanol–water partition coefficient (Wildman–Crippen LogP) is 3.55. The highest BCUT2D eigenvalue weighted by molar-refractivity contribution is 5.86. The molecular formula is C24H26F4N4O2. The third kappa shape index (κ3) is 7.13. The maximum absolute atomic E-state index is 13.7. The Hall–Kier alpha value is -3.24. The molecule has 1 fully saturated rings. The molecule has 182 valence electrons. The van der Waals surface area contributed by atoms with E-state index in [2.05, 4.69) is 22.0 Å². The van der Waals surface area contributed by atoms with Crippen molar-refractivity contribution in [3.8, 4) is 5.75 Å². The van der Waals surface area contributed by atoms with Gasteiger partial charge in [-0.2, -0.15) is 18.3 Å². The average Bonchev–Trinajstić information content (AvgIpc) is 2.78. The van der Waals surface area contributed by atoms with Gasteiger partial charge in [-0.15, -0.1) is 6.58 Å². The van der Waals surface area contributed by atoms with Crippen LogP contribution in [0.3, 0.4) is 0 Å². The number of rotatable bonds is 8. The molecular weight excluding hydrogens is 452 g/mol. The Kier molecular flexibility index (Phi) is 8.41. The summed E-state index contributed by atoms with van der Waals surface area (Å²) in [6, 6.07) is 7.47. The van der Waals surface area contributed by atoms with Crippen LogP contribution < -0.4 is 5.43 Å². The van der Waals surface area contributed by atoms with Crippen molar-refractivity contribution < 1.29 is 27.5 Å². The SMILES string of the molecule is C=CCc1cc(F)cc(/C=N/NC(=O)CN2CCN(Cc3ccc(C(F)(F)F)cc3)CC2)c1O. The molecule has 0 aliphatic carbocycles. The van der Waals surface area contributed by atoms with Crippen LogP contribution in [-0.2, 0) is 23.9 Å². The molecule has 10 heteroatoms. The fourth-order valence-electron chi connectivity index (χ4n) is 3.66. The number of alkyl halides is 3. The largest absolute Gasteiger partial charge is 0.507 e. The number of amides is 1. The molecule has 0 aromatic heterocycles. The van der Waals surface area contributed by atoms with Crippen LogP contribution in [0.15, 0.2) is 54.2 Å². The highest BCUT2D eigenvalue weighted by Crippen LogP contribution is 2.29. The van der Waals surface area contributed by atoms with Crippen LogP contribution in [0, 0.1) is 5.82 Å². The van der Waals surface area contributed by atoms with Crippen LogP contribution in [0.4, 0.5) is 17.6 Å². The molecule has 1 aliphatic heterocycles. The summed E-state index contributed by atoms with van der Waals surface area (Å²) in [4.78, 5) is 16.2. The molecule has 0 radical (unpaired) electrons. The molecule has 1 amide bonds. The smallest absolute Gasteiger partial charge is 0.416 e. The molecule has 0 spiro atoms. The van der Waals surface area contributed by atoms with E-state index < -0.39 is 17.6 Å². The monoisotopic (exact) mass is 478 g/mol. The minimum absolute atomic E-state index is 0.113. The summed E-state index contributed by atoms with van der Waals surface area (Å²) in [6.07, 6.45) is -1.33. The van der Waals surface area contributed by atoms with Crippen molar-refractivity contribution in [2.75, 3.05) is 32.7 Å². The molecule has 2 aromatic rings. The second-order valence-corrected chi connectivity index (χ2v) is 8.04. The average molecular weight is 478 g/mol. The summed E-state index contributed by atoms with van der Waals surface area (Å²) in [5.74, 6) is -1.00. The van der Waals surface area contributed by atoms with Gasteiger partial charge in [-0.05, 0) is 36.2 Å². The number of benzene rings is 2. The molecule has 2 N–H and O–H groups in total. The highest BCUT2D eigenvalue weighted by Gasteiger charge is 2.30. The number of aromatic hydroxyl groups is 1. The first-order chi connectivity index (χ1) is 16.2. The van der Waals surface area contributed by atoms with Crippen molar-refractivity contribution in [1.82, 2.24) is 15.2 Å². The third-order valence-electron chi connectivity index (χ3n) is 5.46. The van der Waals surface area contributed by atoms with Crippen molar-refractivity contribution in [1.29, 1.82) is 0 Å². The molecule has 0 unspecified atom stereocenters. The van der Waals surface area contributed by atoms with Gasteiger partial charge in [0.2, 0.25) is 0 Å². The van der Waals surface area contributed by atoms with Crippen LogP contribution in [0.2, 0.25) is 0 Å². The Balaban J connectivity index is 1.44. The lowest BCUT2D eigenvalue weighted by Gasteiger charge is -2.34. The minimum atomic E-state index is -4.35. The van der Waals surface area contributed by atoms with Crippen molar-refractivity contribution in [3.05, 3.63) is 77.1 Å². The van der Waals surface area contributed by atoms with E-state index in [9.17, 15) is 27.5 Å². The van der Waals surface area contributed by atoms with E-state index in [4.69, 9.17) is 0 Å². The first-order valence-corrected chi connectivity index (χ1v) is 10.7. The fraction of sp³-hybridized carbons (Fsp3) is 0.333. The normalized spacial score (nSPS) is 15.5. The number of piperazine rings is 1. The number of phenols is 1. The quantitative estimate of drug-likeness (QED) is 0.264.